The molecule has 1 aliphatic heterocycles. The van der Waals surface area contributed by atoms with Crippen LogP contribution in [0.15, 0.2) is 30.4 Å². The van der Waals surface area contributed by atoms with Crippen molar-refractivity contribution in [3.8, 4) is 0 Å². The number of benzene rings is 1. The van der Waals surface area contributed by atoms with Gasteiger partial charge in [0.1, 0.15) is 0 Å². The lowest BCUT2D eigenvalue weighted by molar-refractivity contribution is -0.134. The maximum atomic E-state index is 13.0. The van der Waals surface area contributed by atoms with E-state index in [0.717, 1.165) is 27.6 Å². The van der Waals surface area contributed by atoms with E-state index in [0.29, 0.717) is 25.7 Å². The predicted octanol–water partition coefficient (Wildman–Crippen LogP) is 2.91. The van der Waals surface area contributed by atoms with Crippen molar-refractivity contribution in [2.45, 2.75) is 26.3 Å². The minimum atomic E-state index is -2.31. The molecule has 4 nitrogen and oxygen atoms in total. The summed E-state index contributed by atoms with van der Waals surface area (Å²) in [6.45, 7) is 2.94. The molecule has 2 aliphatic rings. The summed E-state index contributed by atoms with van der Waals surface area (Å²) in [4.78, 5) is 19.4. The van der Waals surface area contributed by atoms with E-state index in [1.807, 2.05) is 38.1 Å². The summed E-state index contributed by atoms with van der Waals surface area (Å²) in [6.07, 6.45) is 2.78. The van der Waals surface area contributed by atoms with E-state index in [1.54, 1.807) is 4.90 Å². The highest BCUT2D eigenvalue weighted by Crippen LogP contribution is 2.40. The fourth-order valence-corrected chi connectivity index (χ4v) is 4.07. The number of hydrogen-bond donors (Lipinski definition) is 1. The fourth-order valence-electron chi connectivity index (χ4n) is 4.07. The maximum Gasteiger partial charge on any atom is 0.230 e. The second kappa shape index (κ2) is 5.78. The number of fused-ring (bicyclic) bond motifs is 2. The average molecular weight is 327 g/mol. The molecule has 0 fully saturated rings. The zero-order chi connectivity index (χ0) is 20.2. The van der Waals surface area contributed by atoms with Gasteiger partial charge in [-0.1, -0.05) is 18.2 Å². The molecule has 1 aromatic carbocycles. The third kappa shape index (κ3) is 2.20. The molecule has 0 bridgehead atoms. The van der Waals surface area contributed by atoms with Crippen LogP contribution in [-0.2, 0) is 11.2 Å². The van der Waals surface area contributed by atoms with Crippen LogP contribution >= 0.6 is 0 Å². The molecule has 1 aliphatic carbocycles. The first-order valence-electron chi connectivity index (χ1n) is 10.6. The lowest BCUT2D eigenvalue weighted by atomic mass is 9.79. The van der Waals surface area contributed by atoms with E-state index in [2.05, 4.69) is 4.98 Å². The number of nitrogens with zero attached hydrogens (tertiary/aromatic N) is 2. The quantitative estimate of drug-likeness (QED) is 0.941. The molecular formula is C20H25N3O. The molecule has 1 N–H and O–H groups in total. The SMILES string of the molecule is [2H]c1[nH]c2cccc3c2c1C[C@@H]1C3=C[C@@H](C(=O)N(CC)CC)CN1C([2H])([2H])[2H]. The first-order chi connectivity index (χ1) is 13.3. The van der Waals surface area contributed by atoms with Crippen LogP contribution in [0, 0.1) is 5.92 Å². The second-order valence-electron chi connectivity index (χ2n) is 6.57. The summed E-state index contributed by atoms with van der Waals surface area (Å²) in [5, 5.41) is 0.983. The van der Waals surface area contributed by atoms with Crippen LogP contribution in [-0.4, -0.2) is 53.3 Å². The van der Waals surface area contributed by atoms with Gasteiger partial charge in [-0.15, -0.1) is 0 Å². The van der Waals surface area contributed by atoms with Crippen molar-refractivity contribution in [2.75, 3.05) is 26.6 Å². The predicted molar refractivity (Wildman–Crippen MR) is 97.8 cm³/mol. The van der Waals surface area contributed by atoms with E-state index in [-0.39, 0.29) is 18.5 Å². The molecule has 0 saturated heterocycles. The standard InChI is InChI=1S/C20H25N3O/c1-4-23(5-2)20(24)14-9-16-15-7-6-8-17-19(15)13(11-21-17)10-18(16)22(3)12-14/h6-9,11,14,18,21H,4-5,10,12H2,1-3H3/t14-,18-/m1/s1/i3D3,11D. The molecule has 1 aromatic heterocycles. The van der Waals surface area contributed by atoms with Crippen molar-refractivity contribution in [3.05, 3.63) is 41.6 Å². The Kier molecular flexibility index (Phi) is 2.76. The monoisotopic (exact) mass is 327 g/mol. The number of likely N-dealkylation sites (N-methyl/N-ethyl adjacent to an activating group) is 1. The molecule has 126 valence electrons. The number of H-pyrrole nitrogens is 1. The first kappa shape index (κ1) is 11.5. The van der Waals surface area contributed by atoms with E-state index < -0.39 is 12.9 Å². The van der Waals surface area contributed by atoms with Crippen LogP contribution in [0.1, 0.15) is 30.5 Å². The van der Waals surface area contributed by atoms with Gasteiger partial charge in [-0.05, 0) is 50.0 Å². The topological polar surface area (TPSA) is 39.3 Å². The van der Waals surface area contributed by atoms with E-state index in [1.165, 1.54) is 4.90 Å². The number of hydrogen-bond acceptors (Lipinski definition) is 2. The van der Waals surface area contributed by atoms with E-state index >= 15 is 0 Å². The number of nitrogens with one attached hydrogen (secondary N) is 1. The third-order valence-electron chi connectivity index (χ3n) is 5.32. The zero-order valence-corrected chi connectivity index (χ0v) is 14.1. The number of aromatic nitrogens is 1. The van der Waals surface area contributed by atoms with Crippen LogP contribution in [0.25, 0.3) is 16.5 Å². The minimum absolute atomic E-state index is 0.0292. The Morgan fingerprint density at radius 3 is 3.04 bits per heavy atom. The van der Waals surface area contributed by atoms with Crippen LogP contribution in [0.2, 0.25) is 0 Å². The number of amides is 1. The largest absolute Gasteiger partial charge is 0.361 e. The Labute approximate surface area is 148 Å². The van der Waals surface area contributed by atoms with Crippen LogP contribution in [0.5, 0.6) is 0 Å². The highest BCUT2D eigenvalue weighted by Gasteiger charge is 2.36. The molecule has 2 heterocycles. The summed E-state index contributed by atoms with van der Waals surface area (Å²) < 4.78 is 32.5. The Morgan fingerprint density at radius 1 is 1.46 bits per heavy atom. The second-order valence-corrected chi connectivity index (χ2v) is 6.57. The summed E-state index contributed by atoms with van der Waals surface area (Å²) in [6, 6.07) is 5.46. The van der Waals surface area contributed by atoms with Crippen LogP contribution in [0.4, 0.5) is 0 Å². The highest BCUT2D eigenvalue weighted by atomic mass is 16.2. The van der Waals surface area contributed by atoms with Crippen molar-refractivity contribution in [2.24, 2.45) is 5.92 Å². The highest BCUT2D eigenvalue weighted by molar-refractivity contribution is 5.99. The summed E-state index contributed by atoms with van der Waals surface area (Å²) >= 11 is 0. The molecule has 2 atom stereocenters. The normalized spacial score (nSPS) is 26.0. The van der Waals surface area contributed by atoms with Gasteiger partial charge in [0.05, 0.1) is 7.29 Å². The molecule has 0 unspecified atom stereocenters. The van der Waals surface area contributed by atoms with Crippen molar-refractivity contribution in [3.63, 3.8) is 0 Å². The molecule has 24 heavy (non-hydrogen) atoms. The Balaban J connectivity index is 1.88. The minimum Gasteiger partial charge on any atom is -0.361 e. The third-order valence-corrected chi connectivity index (χ3v) is 5.32. The lowest BCUT2D eigenvalue weighted by Gasteiger charge is -2.40. The van der Waals surface area contributed by atoms with Gasteiger partial charge in [0.25, 0.3) is 0 Å². The van der Waals surface area contributed by atoms with E-state index in [9.17, 15) is 4.79 Å². The number of rotatable bonds is 3. The Morgan fingerprint density at radius 2 is 2.29 bits per heavy atom. The van der Waals surface area contributed by atoms with Crippen LogP contribution < -0.4 is 0 Å². The molecule has 2 aromatic rings. The first-order valence-corrected chi connectivity index (χ1v) is 8.64. The molecular weight excluding hydrogens is 298 g/mol. The van der Waals surface area contributed by atoms with Crippen molar-refractivity contribution < 1.29 is 10.3 Å². The van der Waals surface area contributed by atoms with Gasteiger partial charge in [0.2, 0.25) is 5.91 Å². The van der Waals surface area contributed by atoms with Gasteiger partial charge in [0, 0.05) is 46.9 Å². The smallest absolute Gasteiger partial charge is 0.230 e. The number of carbonyl (C=O) groups is 1. The maximum absolute atomic E-state index is 13.0. The molecule has 4 heteroatoms. The van der Waals surface area contributed by atoms with Gasteiger partial charge in [-0.25, -0.2) is 0 Å². The molecule has 0 spiro atoms. The van der Waals surface area contributed by atoms with Crippen molar-refractivity contribution in [1.82, 2.24) is 14.8 Å². The van der Waals surface area contributed by atoms with Crippen molar-refractivity contribution in [1.29, 1.82) is 0 Å². The fraction of sp³-hybridized carbons (Fsp3) is 0.450. The Bertz CT molecular complexity index is 958. The summed E-state index contributed by atoms with van der Waals surface area (Å²) in [7, 11) is 0. The molecule has 0 saturated carbocycles. The van der Waals surface area contributed by atoms with Gasteiger partial charge >= 0.3 is 0 Å². The number of carbonyl (C=O) groups excluding carboxylic acids is 1. The zero-order valence-electron chi connectivity index (χ0n) is 18.1. The lowest BCUT2D eigenvalue weighted by Crippen LogP contribution is -2.47. The number of aromatic amines is 1. The molecule has 4 rings (SSSR count). The Hall–Kier alpha value is -2.07. The van der Waals surface area contributed by atoms with Crippen LogP contribution in [0.3, 0.4) is 0 Å². The van der Waals surface area contributed by atoms with Gasteiger partial charge < -0.3 is 9.88 Å². The summed E-state index contributed by atoms with van der Waals surface area (Å²) in [5.74, 6) is -0.517. The van der Waals surface area contributed by atoms with Gasteiger partial charge in [-0.2, -0.15) is 0 Å². The average Bonchev–Trinajstić information content (AvgIpc) is 2.98. The van der Waals surface area contributed by atoms with Gasteiger partial charge in [0.15, 0.2) is 0 Å². The van der Waals surface area contributed by atoms with E-state index in [4.69, 9.17) is 5.48 Å². The summed E-state index contributed by atoms with van der Waals surface area (Å²) in [5.41, 5.74) is 3.57. The van der Waals surface area contributed by atoms with Gasteiger partial charge in [-0.3, -0.25) is 9.69 Å². The molecule has 0 radical (unpaired) electrons. The van der Waals surface area contributed by atoms with Crippen molar-refractivity contribution >= 4 is 22.4 Å². The molecule has 1 amide bonds.